The van der Waals surface area contributed by atoms with Crippen molar-refractivity contribution in [2.75, 3.05) is 12.6 Å². The van der Waals surface area contributed by atoms with Gasteiger partial charge in [0, 0.05) is 30.8 Å². The van der Waals surface area contributed by atoms with E-state index in [1.165, 1.54) is 7.05 Å². The second-order valence-corrected chi connectivity index (χ2v) is 7.37. The predicted molar refractivity (Wildman–Crippen MR) is 89.9 cm³/mol. The van der Waals surface area contributed by atoms with Gasteiger partial charge in [0.1, 0.15) is 0 Å². The van der Waals surface area contributed by atoms with Crippen LogP contribution in [0.2, 0.25) is 0 Å². The van der Waals surface area contributed by atoms with E-state index in [0.29, 0.717) is 12.3 Å². The van der Waals surface area contributed by atoms with Gasteiger partial charge < -0.3 is 9.30 Å². The summed E-state index contributed by atoms with van der Waals surface area (Å²) >= 11 is 0.863. The van der Waals surface area contributed by atoms with Crippen molar-refractivity contribution in [2.45, 2.75) is 29.7 Å². The molecule has 30 heavy (non-hydrogen) atoms. The molecule has 0 spiro atoms. The summed E-state index contributed by atoms with van der Waals surface area (Å²) in [4.78, 5) is 7.12. The highest BCUT2D eigenvalue weighted by atomic mass is 32.2. The Labute approximate surface area is 168 Å². The van der Waals surface area contributed by atoms with Gasteiger partial charge in [-0.05, 0) is 12.5 Å². The van der Waals surface area contributed by atoms with Crippen LogP contribution in [0.4, 0.5) is 35.1 Å². The topological polar surface area (TPSA) is 39.4 Å². The number of halogens is 8. The summed E-state index contributed by atoms with van der Waals surface area (Å²) in [5, 5.41) is 0. The van der Waals surface area contributed by atoms with E-state index in [4.69, 9.17) is 0 Å². The molecule has 1 aliphatic rings. The lowest BCUT2D eigenvalue weighted by atomic mass is 10.1. The molecule has 0 aliphatic carbocycles. The molecule has 0 saturated heterocycles. The van der Waals surface area contributed by atoms with Crippen molar-refractivity contribution in [1.82, 2.24) is 9.55 Å². The fourth-order valence-corrected chi connectivity index (χ4v) is 4.06. The molecular formula is C17H13F8N3OS. The van der Waals surface area contributed by atoms with Gasteiger partial charge in [-0.25, -0.2) is 13.8 Å². The number of ether oxygens (including phenoxy) is 1. The zero-order valence-corrected chi connectivity index (χ0v) is 15.9. The van der Waals surface area contributed by atoms with Gasteiger partial charge in [-0.2, -0.15) is 26.3 Å². The third kappa shape index (κ3) is 4.40. The quantitative estimate of drug-likeness (QED) is 0.604. The fourth-order valence-electron chi connectivity index (χ4n) is 2.94. The van der Waals surface area contributed by atoms with Crippen molar-refractivity contribution >= 4 is 11.8 Å². The Morgan fingerprint density at radius 2 is 1.93 bits per heavy atom. The van der Waals surface area contributed by atoms with Crippen molar-refractivity contribution in [3.05, 3.63) is 46.6 Å². The first-order valence-corrected chi connectivity index (χ1v) is 9.31. The van der Waals surface area contributed by atoms with Gasteiger partial charge in [-0.1, -0.05) is 0 Å². The Morgan fingerprint density at radius 3 is 2.53 bits per heavy atom. The molecule has 2 aromatic heterocycles. The van der Waals surface area contributed by atoms with Crippen LogP contribution in [-0.2, 0) is 19.4 Å². The monoisotopic (exact) mass is 459 g/mol. The maximum absolute atomic E-state index is 14.4. The largest absolute Gasteiger partial charge is 0.459 e. The molecule has 0 bridgehead atoms. The highest BCUT2D eigenvalue weighted by Gasteiger charge is 2.39. The van der Waals surface area contributed by atoms with Crippen LogP contribution in [0.3, 0.4) is 0 Å². The van der Waals surface area contributed by atoms with Crippen LogP contribution >= 0.6 is 11.8 Å². The van der Waals surface area contributed by atoms with Crippen LogP contribution in [0.1, 0.15) is 29.3 Å². The standard InChI is InChI=1S/C17H13F8N3OS/c1-28-6-8(16(20,21)22)4-11(29-7-18)15(28)27-10-2-3-30-13-9(10)5-26-14(12(13)19)17(23,24)25/h4-6,10H,2-3,7H2,1H3. The molecule has 1 unspecified atom stereocenters. The minimum absolute atomic E-state index is 0.0582. The van der Waals surface area contributed by atoms with E-state index in [9.17, 15) is 35.1 Å². The van der Waals surface area contributed by atoms with Crippen molar-refractivity contribution < 1.29 is 39.9 Å². The van der Waals surface area contributed by atoms with Crippen LogP contribution < -0.4 is 10.2 Å². The molecule has 0 amide bonds. The van der Waals surface area contributed by atoms with E-state index in [0.717, 1.165) is 22.5 Å². The highest BCUT2D eigenvalue weighted by Crippen LogP contribution is 2.42. The third-order valence-corrected chi connectivity index (χ3v) is 5.40. The van der Waals surface area contributed by atoms with Crippen LogP contribution in [-0.4, -0.2) is 22.2 Å². The number of pyridine rings is 2. The molecule has 13 heteroatoms. The number of thioether (sulfide) groups is 1. The van der Waals surface area contributed by atoms with Gasteiger partial charge >= 0.3 is 12.4 Å². The first kappa shape index (κ1) is 22.4. The van der Waals surface area contributed by atoms with E-state index in [-0.39, 0.29) is 28.1 Å². The summed E-state index contributed by atoms with van der Waals surface area (Å²) < 4.78 is 110. The van der Waals surface area contributed by atoms with Crippen LogP contribution in [0, 0.1) is 5.82 Å². The third-order valence-electron chi connectivity index (χ3n) is 4.26. The zero-order chi connectivity index (χ0) is 22.3. The van der Waals surface area contributed by atoms with Crippen molar-refractivity contribution in [1.29, 1.82) is 0 Å². The number of aryl methyl sites for hydroxylation is 1. The number of fused-ring (bicyclic) bond motifs is 1. The minimum Gasteiger partial charge on any atom is -0.459 e. The number of hydrogen-bond acceptors (Lipinski definition) is 4. The summed E-state index contributed by atoms with van der Waals surface area (Å²) in [6, 6.07) is -0.335. The fraction of sp³-hybridized carbons (Fsp3) is 0.412. The normalized spacial score (nSPS) is 17.8. The van der Waals surface area contributed by atoms with Crippen LogP contribution in [0.5, 0.6) is 5.75 Å². The second-order valence-electron chi connectivity index (χ2n) is 6.26. The van der Waals surface area contributed by atoms with E-state index < -0.39 is 48.1 Å². The number of rotatable bonds is 3. The van der Waals surface area contributed by atoms with E-state index >= 15 is 0 Å². The summed E-state index contributed by atoms with van der Waals surface area (Å²) in [6.45, 7) is -1.42. The van der Waals surface area contributed by atoms with Crippen molar-refractivity contribution in [2.24, 2.45) is 12.0 Å². The molecule has 3 heterocycles. The SMILES string of the molecule is Cn1cc(C(F)(F)F)cc(OCF)c1=NC1CCSc2c1cnc(C(F)(F)F)c2F. The summed E-state index contributed by atoms with van der Waals surface area (Å²) in [7, 11) is 1.23. The highest BCUT2D eigenvalue weighted by molar-refractivity contribution is 7.99. The predicted octanol–water partition coefficient (Wildman–Crippen LogP) is 5.04. The lowest BCUT2D eigenvalue weighted by molar-refractivity contribution is -0.144. The summed E-state index contributed by atoms with van der Waals surface area (Å²) in [6.07, 6.45) is -7.89. The number of hydrogen-bond donors (Lipinski definition) is 0. The van der Waals surface area contributed by atoms with Gasteiger partial charge in [-0.3, -0.25) is 4.99 Å². The lowest BCUT2D eigenvalue weighted by Crippen LogP contribution is -2.25. The molecular weight excluding hydrogens is 446 g/mol. The van der Waals surface area contributed by atoms with E-state index in [2.05, 4.69) is 14.7 Å². The summed E-state index contributed by atoms with van der Waals surface area (Å²) in [5.74, 6) is -1.82. The Balaban J connectivity index is 2.15. The lowest BCUT2D eigenvalue weighted by Gasteiger charge is -2.23. The maximum Gasteiger partial charge on any atom is 0.436 e. The van der Waals surface area contributed by atoms with Gasteiger partial charge in [0.25, 0.3) is 0 Å². The first-order chi connectivity index (χ1) is 13.9. The molecule has 2 aromatic rings. The Hall–Kier alpha value is -2.31. The molecule has 0 fully saturated rings. The molecule has 1 aliphatic heterocycles. The average Bonchev–Trinajstić information content (AvgIpc) is 2.63. The Kier molecular flexibility index (Phi) is 6.03. The number of alkyl halides is 7. The van der Waals surface area contributed by atoms with Gasteiger partial charge in [-0.15, -0.1) is 11.8 Å². The number of nitrogens with zero attached hydrogens (tertiary/aromatic N) is 3. The van der Waals surface area contributed by atoms with Gasteiger partial charge in [0.05, 0.1) is 16.5 Å². The second kappa shape index (κ2) is 8.08. The Morgan fingerprint density at radius 1 is 1.23 bits per heavy atom. The number of aromatic nitrogens is 2. The molecule has 0 N–H and O–H groups in total. The molecule has 4 nitrogen and oxygen atoms in total. The summed E-state index contributed by atoms with van der Waals surface area (Å²) in [5.41, 5.74) is -2.88. The zero-order valence-electron chi connectivity index (χ0n) is 15.1. The maximum atomic E-state index is 14.4. The van der Waals surface area contributed by atoms with Crippen LogP contribution in [0.15, 0.2) is 28.3 Å². The molecule has 164 valence electrons. The Bertz CT molecular complexity index is 1020. The van der Waals surface area contributed by atoms with E-state index in [1.54, 1.807) is 0 Å². The molecule has 1 atom stereocenters. The van der Waals surface area contributed by atoms with Crippen LogP contribution in [0.25, 0.3) is 0 Å². The smallest absolute Gasteiger partial charge is 0.436 e. The molecule has 3 rings (SSSR count). The van der Waals surface area contributed by atoms with E-state index in [1.807, 2.05) is 0 Å². The van der Waals surface area contributed by atoms with Crippen molar-refractivity contribution in [3.63, 3.8) is 0 Å². The first-order valence-electron chi connectivity index (χ1n) is 8.32. The van der Waals surface area contributed by atoms with Crippen molar-refractivity contribution in [3.8, 4) is 5.75 Å². The minimum atomic E-state index is -4.98. The van der Waals surface area contributed by atoms with Gasteiger partial charge in [0.2, 0.25) is 6.86 Å². The molecule has 0 saturated carbocycles. The van der Waals surface area contributed by atoms with Gasteiger partial charge in [0.15, 0.2) is 22.7 Å². The molecule has 0 radical (unpaired) electrons. The average molecular weight is 459 g/mol. The molecule has 0 aromatic carbocycles.